The molecule has 4 heteroatoms. The third kappa shape index (κ3) is 3.25. The van der Waals surface area contributed by atoms with Gasteiger partial charge in [-0.05, 0) is 47.1 Å². The first-order valence-corrected chi connectivity index (χ1v) is 6.92. The Morgan fingerprint density at radius 3 is 2.65 bits per heavy atom. The lowest BCUT2D eigenvalue weighted by Crippen LogP contribution is -2.06. The molecule has 0 aromatic heterocycles. The first-order chi connectivity index (χ1) is 9.51. The van der Waals surface area contributed by atoms with Crippen molar-refractivity contribution in [1.29, 1.82) is 0 Å². The zero-order valence-corrected chi connectivity index (χ0v) is 12.8. The molecule has 0 unspecified atom stereocenters. The second-order valence-electron chi connectivity index (χ2n) is 4.54. The number of ether oxygens (including phenoxy) is 1. The maximum atomic E-state index is 13.0. The predicted octanol–water partition coefficient (Wildman–Crippen LogP) is 4.33. The van der Waals surface area contributed by atoms with Crippen LogP contribution in [0.15, 0.2) is 40.9 Å². The summed E-state index contributed by atoms with van der Waals surface area (Å²) < 4.78 is 18.8. The second kappa shape index (κ2) is 6.18. The summed E-state index contributed by atoms with van der Waals surface area (Å²) in [5, 5.41) is 0. The smallest absolute Gasteiger partial charge is 0.168 e. The average molecular weight is 337 g/mol. The number of Topliss-reactive ketones (excluding diaryl/α,β-unsaturated/α-hetero) is 1. The van der Waals surface area contributed by atoms with Crippen molar-refractivity contribution in [3.63, 3.8) is 0 Å². The van der Waals surface area contributed by atoms with Gasteiger partial charge in [-0.2, -0.15) is 0 Å². The van der Waals surface area contributed by atoms with Crippen molar-refractivity contribution in [2.24, 2.45) is 0 Å². The van der Waals surface area contributed by atoms with Gasteiger partial charge in [0.1, 0.15) is 11.6 Å². The highest BCUT2D eigenvalue weighted by molar-refractivity contribution is 9.10. The molecule has 0 atom stereocenters. The molecule has 2 rings (SSSR count). The van der Waals surface area contributed by atoms with Crippen LogP contribution in [0.2, 0.25) is 0 Å². The van der Waals surface area contributed by atoms with Crippen LogP contribution < -0.4 is 4.74 Å². The lowest BCUT2D eigenvalue weighted by molar-refractivity contribution is 0.0991. The third-order valence-corrected chi connectivity index (χ3v) is 3.67. The average Bonchev–Trinajstić information content (AvgIpc) is 2.38. The van der Waals surface area contributed by atoms with Crippen LogP contribution in [0.1, 0.15) is 21.5 Å². The van der Waals surface area contributed by atoms with E-state index in [0.29, 0.717) is 15.8 Å². The number of halogens is 2. The highest BCUT2D eigenvalue weighted by Crippen LogP contribution is 2.24. The Labute approximate surface area is 125 Å². The van der Waals surface area contributed by atoms with Gasteiger partial charge in [0.05, 0.1) is 7.11 Å². The van der Waals surface area contributed by atoms with Crippen LogP contribution in [0.4, 0.5) is 4.39 Å². The fourth-order valence-corrected chi connectivity index (χ4v) is 2.60. The number of hydrogen-bond donors (Lipinski definition) is 0. The van der Waals surface area contributed by atoms with Gasteiger partial charge in [-0.15, -0.1) is 0 Å². The molecule has 2 aromatic carbocycles. The molecule has 104 valence electrons. The van der Waals surface area contributed by atoms with Crippen LogP contribution in [0.25, 0.3) is 0 Å². The van der Waals surface area contributed by atoms with E-state index >= 15 is 0 Å². The molecule has 0 fully saturated rings. The molecule has 0 spiro atoms. The molecular weight excluding hydrogens is 323 g/mol. The van der Waals surface area contributed by atoms with Crippen molar-refractivity contribution in [3.05, 3.63) is 63.4 Å². The second-order valence-corrected chi connectivity index (χ2v) is 5.39. The van der Waals surface area contributed by atoms with Gasteiger partial charge in [-0.3, -0.25) is 4.79 Å². The Morgan fingerprint density at radius 2 is 2.00 bits per heavy atom. The molecule has 0 amide bonds. The lowest BCUT2D eigenvalue weighted by atomic mass is 10.0. The molecule has 2 nitrogen and oxygen atoms in total. The largest absolute Gasteiger partial charge is 0.496 e. The Balaban J connectivity index is 2.30. The van der Waals surface area contributed by atoms with E-state index in [0.717, 1.165) is 11.1 Å². The van der Waals surface area contributed by atoms with Crippen LogP contribution in [0.3, 0.4) is 0 Å². The number of carbonyl (C=O) groups is 1. The zero-order valence-electron chi connectivity index (χ0n) is 11.2. The molecule has 0 aliphatic heterocycles. The molecule has 0 saturated carbocycles. The normalized spacial score (nSPS) is 10.4. The summed E-state index contributed by atoms with van der Waals surface area (Å²) in [7, 11) is 1.58. The fraction of sp³-hybridized carbons (Fsp3) is 0.188. The topological polar surface area (TPSA) is 26.3 Å². The first-order valence-electron chi connectivity index (χ1n) is 6.13. The molecule has 0 aliphatic rings. The van der Waals surface area contributed by atoms with Gasteiger partial charge in [0.2, 0.25) is 0 Å². The van der Waals surface area contributed by atoms with E-state index in [9.17, 15) is 9.18 Å². The van der Waals surface area contributed by atoms with E-state index in [1.165, 1.54) is 18.2 Å². The van der Waals surface area contributed by atoms with Crippen LogP contribution in [-0.2, 0) is 6.42 Å². The molecule has 0 saturated heterocycles. The van der Waals surface area contributed by atoms with Crippen molar-refractivity contribution in [1.82, 2.24) is 0 Å². The summed E-state index contributed by atoms with van der Waals surface area (Å²) in [5.41, 5.74) is 2.36. The zero-order chi connectivity index (χ0) is 14.7. The van der Waals surface area contributed by atoms with Gasteiger partial charge in [-0.25, -0.2) is 4.39 Å². The van der Waals surface area contributed by atoms with Gasteiger partial charge < -0.3 is 4.74 Å². The molecule has 0 aliphatic carbocycles. The van der Waals surface area contributed by atoms with Gasteiger partial charge in [0.25, 0.3) is 0 Å². The Hall–Kier alpha value is -1.68. The van der Waals surface area contributed by atoms with Crippen LogP contribution in [-0.4, -0.2) is 12.9 Å². The SMILES string of the molecule is COc1ccc(C)cc1CC(=O)c1ccc(F)cc1Br. The summed E-state index contributed by atoms with van der Waals surface area (Å²) in [6, 6.07) is 9.77. The first kappa shape index (κ1) is 14.7. The minimum Gasteiger partial charge on any atom is -0.496 e. The van der Waals surface area contributed by atoms with E-state index in [1.807, 2.05) is 25.1 Å². The van der Waals surface area contributed by atoms with Crippen molar-refractivity contribution in [2.45, 2.75) is 13.3 Å². The van der Waals surface area contributed by atoms with E-state index in [-0.39, 0.29) is 18.0 Å². The Morgan fingerprint density at radius 1 is 1.25 bits per heavy atom. The monoisotopic (exact) mass is 336 g/mol. The molecule has 0 bridgehead atoms. The molecular formula is C16H14BrFO2. The summed E-state index contributed by atoms with van der Waals surface area (Å²) in [6.45, 7) is 1.96. The standard InChI is InChI=1S/C16H14BrFO2/c1-10-3-6-16(20-2)11(7-10)8-15(19)13-5-4-12(18)9-14(13)17/h3-7,9H,8H2,1-2H3. The maximum Gasteiger partial charge on any atom is 0.168 e. The van der Waals surface area contributed by atoms with E-state index in [2.05, 4.69) is 15.9 Å². The van der Waals surface area contributed by atoms with Gasteiger partial charge in [0.15, 0.2) is 5.78 Å². The molecule has 0 N–H and O–H groups in total. The number of rotatable bonds is 4. The highest BCUT2D eigenvalue weighted by atomic mass is 79.9. The highest BCUT2D eigenvalue weighted by Gasteiger charge is 2.14. The van der Waals surface area contributed by atoms with Crippen molar-refractivity contribution < 1.29 is 13.9 Å². The summed E-state index contributed by atoms with van der Waals surface area (Å²) in [4.78, 5) is 12.3. The van der Waals surface area contributed by atoms with Crippen molar-refractivity contribution in [3.8, 4) is 5.75 Å². The Kier molecular flexibility index (Phi) is 4.55. The number of hydrogen-bond acceptors (Lipinski definition) is 2. The van der Waals surface area contributed by atoms with Gasteiger partial charge in [-0.1, -0.05) is 17.7 Å². The van der Waals surface area contributed by atoms with Crippen LogP contribution in [0, 0.1) is 12.7 Å². The molecule has 0 heterocycles. The molecule has 20 heavy (non-hydrogen) atoms. The quantitative estimate of drug-likeness (QED) is 0.776. The lowest BCUT2D eigenvalue weighted by Gasteiger charge is -2.10. The van der Waals surface area contributed by atoms with Crippen LogP contribution >= 0.6 is 15.9 Å². The molecule has 2 aromatic rings. The van der Waals surface area contributed by atoms with Crippen molar-refractivity contribution >= 4 is 21.7 Å². The van der Waals surface area contributed by atoms with Gasteiger partial charge in [0, 0.05) is 22.0 Å². The van der Waals surface area contributed by atoms with E-state index in [4.69, 9.17) is 4.74 Å². The maximum absolute atomic E-state index is 13.0. The third-order valence-electron chi connectivity index (χ3n) is 3.02. The Bertz CT molecular complexity index is 653. The minimum atomic E-state index is -0.374. The minimum absolute atomic E-state index is 0.0826. The van der Waals surface area contributed by atoms with Crippen molar-refractivity contribution in [2.75, 3.05) is 7.11 Å². The summed E-state index contributed by atoms with van der Waals surface area (Å²) in [5.74, 6) is 0.226. The van der Waals surface area contributed by atoms with E-state index in [1.54, 1.807) is 7.11 Å². The number of carbonyl (C=O) groups excluding carboxylic acids is 1. The number of ketones is 1. The summed E-state index contributed by atoms with van der Waals surface area (Å²) in [6.07, 6.45) is 0.217. The van der Waals surface area contributed by atoms with Crippen LogP contribution in [0.5, 0.6) is 5.75 Å². The number of benzene rings is 2. The predicted molar refractivity (Wildman–Crippen MR) is 79.9 cm³/mol. The summed E-state index contributed by atoms with van der Waals surface area (Å²) >= 11 is 3.22. The number of methoxy groups -OCH3 is 1. The molecule has 0 radical (unpaired) electrons. The van der Waals surface area contributed by atoms with E-state index < -0.39 is 0 Å². The van der Waals surface area contributed by atoms with Gasteiger partial charge >= 0.3 is 0 Å². The fourth-order valence-electron chi connectivity index (χ4n) is 2.03. The number of aryl methyl sites for hydroxylation is 1.